The molecule has 0 amide bonds. The second-order valence-electron chi connectivity index (χ2n) is 2.49. The minimum atomic E-state index is 0. The summed E-state index contributed by atoms with van der Waals surface area (Å²) in [7, 11) is 0. The Labute approximate surface area is 71.5 Å². The van der Waals surface area contributed by atoms with Crippen molar-refractivity contribution in [1.82, 2.24) is 0 Å². The predicted molar refractivity (Wildman–Crippen MR) is 35.0 cm³/mol. The third-order valence-corrected chi connectivity index (χ3v) is 1.87. The van der Waals surface area contributed by atoms with E-state index in [1.54, 1.807) is 0 Å². The maximum Gasteiger partial charge on any atom is 0.181 e. The van der Waals surface area contributed by atoms with Crippen LogP contribution in [0, 0.1) is 0 Å². The molecule has 10 heavy (non-hydrogen) atoms. The molecule has 0 saturated carbocycles. The second kappa shape index (κ2) is 3.15. The van der Waals surface area contributed by atoms with Gasteiger partial charge in [0.05, 0.1) is 0 Å². The zero-order valence-electron chi connectivity index (χ0n) is 5.76. The van der Waals surface area contributed by atoms with Crippen LogP contribution in [0.25, 0.3) is 0 Å². The van der Waals surface area contributed by atoms with Gasteiger partial charge in [-0.15, -0.1) is 0 Å². The second-order valence-corrected chi connectivity index (χ2v) is 2.49. The predicted octanol–water partition coefficient (Wildman–Crippen LogP) is -2.08. The molecule has 0 atom stereocenters. The average molecular weight is 200 g/mol. The van der Waals surface area contributed by atoms with Crippen LogP contribution in [-0.2, 0) is 13.0 Å². The van der Waals surface area contributed by atoms with Gasteiger partial charge in [-0.05, 0) is 0 Å². The summed E-state index contributed by atoms with van der Waals surface area (Å²) in [6.07, 6.45) is 4.74. The largest absolute Gasteiger partial charge is 1.00 e. The first-order valence-corrected chi connectivity index (χ1v) is 3.44. The van der Waals surface area contributed by atoms with E-state index >= 15 is 0 Å². The zero-order chi connectivity index (χ0) is 6.10. The molecule has 0 unspecified atom stereocenters. The maximum atomic E-state index is 2.32. The van der Waals surface area contributed by atoms with Crippen molar-refractivity contribution >= 4 is 0 Å². The molecule has 0 aromatic carbocycles. The van der Waals surface area contributed by atoms with E-state index in [1.165, 1.54) is 25.1 Å². The minimum Gasteiger partial charge on any atom is -1.00 e. The fourth-order valence-corrected chi connectivity index (χ4v) is 1.39. The Hall–Kier alpha value is -0.370. The Bertz CT molecular complexity index is 199. The van der Waals surface area contributed by atoms with Crippen LogP contribution in [0.4, 0.5) is 0 Å². The van der Waals surface area contributed by atoms with Crippen LogP contribution in [0.2, 0.25) is 0 Å². The van der Waals surface area contributed by atoms with E-state index in [-0.39, 0.29) is 17.0 Å². The van der Waals surface area contributed by atoms with Crippen molar-refractivity contribution in [1.29, 1.82) is 0 Å². The van der Waals surface area contributed by atoms with Crippen molar-refractivity contribution in [2.45, 2.75) is 19.4 Å². The molecule has 0 spiro atoms. The molecule has 2 rings (SSSR count). The molecule has 0 aliphatic carbocycles. The molecule has 0 bridgehead atoms. The Morgan fingerprint density at radius 1 is 1.30 bits per heavy atom. The Kier molecular flexibility index (Phi) is 2.44. The highest BCUT2D eigenvalue weighted by atomic mass is 79.9. The summed E-state index contributed by atoms with van der Waals surface area (Å²) in [6.45, 7) is 1.22. The Morgan fingerprint density at radius 2 is 2.20 bits per heavy atom. The number of hydrogen-bond acceptors (Lipinski definition) is 0. The lowest BCUT2D eigenvalue weighted by Gasteiger charge is -1.87. The molecular weight excluding hydrogens is 190 g/mol. The van der Waals surface area contributed by atoms with Crippen LogP contribution in [-0.4, -0.2) is 0 Å². The fourth-order valence-electron chi connectivity index (χ4n) is 1.39. The molecular formula is C8H10BrN. The highest BCUT2D eigenvalue weighted by Gasteiger charge is 2.15. The molecule has 1 aromatic heterocycles. The molecule has 0 radical (unpaired) electrons. The van der Waals surface area contributed by atoms with Crippen molar-refractivity contribution in [3.8, 4) is 0 Å². The average Bonchev–Trinajstić information content (AvgIpc) is 2.33. The van der Waals surface area contributed by atoms with Gasteiger partial charge in [0.15, 0.2) is 11.9 Å². The first-order chi connectivity index (χ1) is 4.47. The quantitative estimate of drug-likeness (QED) is 0.423. The van der Waals surface area contributed by atoms with Gasteiger partial charge in [0.2, 0.25) is 0 Å². The molecule has 0 fully saturated rings. The van der Waals surface area contributed by atoms with Gasteiger partial charge in [0.25, 0.3) is 0 Å². The van der Waals surface area contributed by atoms with Gasteiger partial charge in [-0.3, -0.25) is 0 Å². The van der Waals surface area contributed by atoms with Gasteiger partial charge in [-0.1, -0.05) is 6.07 Å². The molecule has 1 aromatic rings. The standard InChI is InChI=1S/C8H10N.BrH/c1-2-6-9-7-3-5-8(9)4-1;/h1-2,4,6H,3,5,7H2;1H/q+1;/p-1. The topological polar surface area (TPSA) is 3.88 Å². The Morgan fingerprint density at radius 3 is 3.00 bits per heavy atom. The van der Waals surface area contributed by atoms with Crippen molar-refractivity contribution in [3.63, 3.8) is 0 Å². The number of halogens is 1. The number of hydrogen-bond donors (Lipinski definition) is 0. The summed E-state index contributed by atoms with van der Waals surface area (Å²) in [6, 6.07) is 6.40. The van der Waals surface area contributed by atoms with Crippen LogP contribution >= 0.6 is 0 Å². The monoisotopic (exact) mass is 199 g/mol. The van der Waals surface area contributed by atoms with E-state index in [0.29, 0.717) is 0 Å². The summed E-state index contributed by atoms with van der Waals surface area (Å²) >= 11 is 0. The van der Waals surface area contributed by atoms with Crippen molar-refractivity contribution in [2.24, 2.45) is 0 Å². The first-order valence-electron chi connectivity index (χ1n) is 3.44. The van der Waals surface area contributed by atoms with Crippen LogP contribution in [0.15, 0.2) is 24.4 Å². The first kappa shape index (κ1) is 7.73. The third kappa shape index (κ3) is 1.21. The molecule has 54 valence electrons. The number of rotatable bonds is 0. The summed E-state index contributed by atoms with van der Waals surface area (Å²) in [5.41, 5.74) is 1.48. The lowest BCUT2D eigenvalue weighted by atomic mass is 10.3. The van der Waals surface area contributed by atoms with E-state index in [0.717, 1.165) is 0 Å². The van der Waals surface area contributed by atoms with Gasteiger partial charge in [0, 0.05) is 25.0 Å². The van der Waals surface area contributed by atoms with Gasteiger partial charge < -0.3 is 17.0 Å². The number of fused-ring (bicyclic) bond motifs is 1. The van der Waals surface area contributed by atoms with Crippen LogP contribution in [0.1, 0.15) is 12.1 Å². The van der Waals surface area contributed by atoms with Gasteiger partial charge in [0.1, 0.15) is 6.54 Å². The van der Waals surface area contributed by atoms with Crippen LogP contribution in [0.5, 0.6) is 0 Å². The van der Waals surface area contributed by atoms with Gasteiger partial charge in [-0.2, -0.15) is 0 Å². The number of nitrogens with zero attached hydrogens (tertiary/aromatic N) is 1. The normalized spacial score (nSPS) is 14.0. The summed E-state index contributed by atoms with van der Waals surface area (Å²) in [5, 5.41) is 0. The van der Waals surface area contributed by atoms with Crippen molar-refractivity contribution in [3.05, 3.63) is 30.1 Å². The van der Waals surface area contributed by atoms with E-state index < -0.39 is 0 Å². The summed E-state index contributed by atoms with van der Waals surface area (Å²) in [5.74, 6) is 0. The van der Waals surface area contributed by atoms with Gasteiger partial charge >= 0.3 is 0 Å². The van der Waals surface area contributed by atoms with E-state index in [4.69, 9.17) is 0 Å². The fraction of sp³-hybridized carbons (Fsp3) is 0.375. The summed E-state index contributed by atoms with van der Waals surface area (Å²) < 4.78 is 2.32. The van der Waals surface area contributed by atoms with E-state index in [2.05, 4.69) is 29.0 Å². The SMILES string of the molecule is [Br-].c1cc[n+]2c(c1)CCC2. The molecule has 0 N–H and O–H groups in total. The van der Waals surface area contributed by atoms with Crippen molar-refractivity contribution < 1.29 is 21.5 Å². The molecule has 1 nitrogen and oxygen atoms in total. The smallest absolute Gasteiger partial charge is 0.181 e. The molecule has 1 aliphatic heterocycles. The van der Waals surface area contributed by atoms with Gasteiger partial charge in [-0.25, -0.2) is 4.57 Å². The number of aryl methyl sites for hydroxylation is 2. The Balaban J connectivity index is 0.000000500. The maximum absolute atomic E-state index is 2.32. The van der Waals surface area contributed by atoms with E-state index in [1.807, 2.05) is 0 Å². The lowest BCUT2D eigenvalue weighted by molar-refractivity contribution is -0.690. The number of pyridine rings is 1. The van der Waals surface area contributed by atoms with Crippen LogP contribution < -0.4 is 21.5 Å². The summed E-state index contributed by atoms with van der Waals surface area (Å²) in [4.78, 5) is 0. The number of aromatic nitrogens is 1. The molecule has 0 saturated heterocycles. The van der Waals surface area contributed by atoms with Crippen LogP contribution in [0.3, 0.4) is 0 Å². The zero-order valence-corrected chi connectivity index (χ0v) is 7.34. The van der Waals surface area contributed by atoms with E-state index in [9.17, 15) is 0 Å². The molecule has 1 aliphatic rings. The highest BCUT2D eigenvalue weighted by Crippen LogP contribution is 2.03. The minimum absolute atomic E-state index is 0. The lowest BCUT2D eigenvalue weighted by Crippen LogP contribution is -3.00. The molecule has 2 heteroatoms. The van der Waals surface area contributed by atoms with Crippen molar-refractivity contribution in [2.75, 3.05) is 0 Å². The third-order valence-electron chi connectivity index (χ3n) is 1.87. The molecule has 2 heterocycles. The highest BCUT2D eigenvalue weighted by molar-refractivity contribution is 4.98.